The van der Waals surface area contributed by atoms with Gasteiger partial charge >= 0.3 is 5.97 Å². The molecular formula is C12H19NO3. The van der Waals surface area contributed by atoms with Gasteiger partial charge in [0.05, 0.1) is 7.11 Å². The molecule has 0 bridgehead atoms. The van der Waals surface area contributed by atoms with Crippen LogP contribution in [-0.4, -0.2) is 30.4 Å². The predicted molar refractivity (Wildman–Crippen MR) is 62.7 cm³/mol. The molecule has 1 saturated carbocycles. The van der Waals surface area contributed by atoms with Crippen molar-refractivity contribution < 1.29 is 14.6 Å². The van der Waals surface area contributed by atoms with Crippen LogP contribution in [0.4, 0.5) is 0 Å². The standard InChI is InChI=1S/C12H19NO3/c1-9(14)11(12(15)16-2)8-13-10-6-4-3-5-7-10/h8,10,14H,3-7H2,1-2H3/b11-9+,13-8?. The van der Waals surface area contributed by atoms with Gasteiger partial charge in [0.1, 0.15) is 11.3 Å². The van der Waals surface area contributed by atoms with Crippen molar-refractivity contribution in [3.8, 4) is 0 Å². The van der Waals surface area contributed by atoms with Gasteiger partial charge in [0.2, 0.25) is 0 Å². The molecule has 4 heteroatoms. The molecule has 0 unspecified atom stereocenters. The van der Waals surface area contributed by atoms with E-state index >= 15 is 0 Å². The minimum Gasteiger partial charge on any atom is -0.512 e. The van der Waals surface area contributed by atoms with Crippen molar-refractivity contribution in [2.24, 2.45) is 4.99 Å². The van der Waals surface area contributed by atoms with Crippen molar-refractivity contribution in [3.05, 3.63) is 11.3 Å². The second kappa shape index (κ2) is 6.30. The molecule has 1 aliphatic carbocycles. The van der Waals surface area contributed by atoms with Gasteiger partial charge in [0.15, 0.2) is 0 Å². The first-order valence-electron chi connectivity index (χ1n) is 5.66. The average Bonchev–Trinajstić information content (AvgIpc) is 2.30. The minimum absolute atomic E-state index is 0.0496. The number of aliphatic imine (C=N–C) groups is 1. The number of aliphatic hydroxyl groups excluding tert-OH is 1. The zero-order chi connectivity index (χ0) is 12.0. The Bertz CT molecular complexity index is 297. The molecule has 1 aliphatic rings. The Morgan fingerprint density at radius 3 is 2.50 bits per heavy atom. The first-order chi connectivity index (χ1) is 7.65. The van der Waals surface area contributed by atoms with Gasteiger partial charge in [-0.25, -0.2) is 4.79 Å². The molecule has 0 aliphatic heterocycles. The van der Waals surface area contributed by atoms with Crippen LogP contribution in [-0.2, 0) is 9.53 Å². The van der Waals surface area contributed by atoms with Crippen molar-refractivity contribution in [2.45, 2.75) is 45.1 Å². The second-order valence-corrected chi connectivity index (χ2v) is 4.06. The molecule has 0 spiro atoms. The first-order valence-corrected chi connectivity index (χ1v) is 5.66. The summed E-state index contributed by atoms with van der Waals surface area (Å²) in [6.45, 7) is 1.46. The lowest BCUT2D eigenvalue weighted by atomic mass is 9.96. The fourth-order valence-corrected chi connectivity index (χ4v) is 1.81. The van der Waals surface area contributed by atoms with Crippen LogP contribution in [0.3, 0.4) is 0 Å². The van der Waals surface area contributed by atoms with E-state index in [1.54, 1.807) is 0 Å². The number of allylic oxidation sites excluding steroid dienone is 1. The molecule has 16 heavy (non-hydrogen) atoms. The molecule has 0 aromatic carbocycles. The zero-order valence-corrected chi connectivity index (χ0v) is 9.90. The molecule has 0 aromatic rings. The third-order valence-corrected chi connectivity index (χ3v) is 2.78. The van der Waals surface area contributed by atoms with E-state index in [0.29, 0.717) is 0 Å². The molecule has 90 valence electrons. The Morgan fingerprint density at radius 2 is 2.00 bits per heavy atom. The Morgan fingerprint density at radius 1 is 1.38 bits per heavy atom. The molecule has 1 rings (SSSR count). The summed E-state index contributed by atoms with van der Waals surface area (Å²) >= 11 is 0. The van der Waals surface area contributed by atoms with Gasteiger partial charge in [-0.2, -0.15) is 0 Å². The maximum atomic E-state index is 11.3. The van der Waals surface area contributed by atoms with Crippen molar-refractivity contribution in [1.82, 2.24) is 0 Å². The predicted octanol–water partition coefficient (Wildman–Crippen LogP) is 2.39. The van der Waals surface area contributed by atoms with Crippen LogP contribution in [0.25, 0.3) is 0 Å². The average molecular weight is 225 g/mol. The molecule has 0 saturated heterocycles. The van der Waals surface area contributed by atoms with Gasteiger partial charge in [0, 0.05) is 12.3 Å². The largest absolute Gasteiger partial charge is 0.512 e. The van der Waals surface area contributed by atoms with Crippen LogP contribution in [0, 0.1) is 0 Å². The Balaban J connectivity index is 2.64. The molecule has 4 nitrogen and oxygen atoms in total. The van der Waals surface area contributed by atoms with E-state index in [1.165, 1.54) is 39.5 Å². The molecule has 1 fully saturated rings. The number of rotatable bonds is 3. The van der Waals surface area contributed by atoms with E-state index in [0.717, 1.165) is 12.8 Å². The van der Waals surface area contributed by atoms with E-state index in [9.17, 15) is 9.90 Å². The molecule has 0 radical (unpaired) electrons. The van der Waals surface area contributed by atoms with Gasteiger partial charge in [0.25, 0.3) is 0 Å². The second-order valence-electron chi connectivity index (χ2n) is 4.06. The normalized spacial score (nSPS) is 19.6. The summed E-state index contributed by atoms with van der Waals surface area (Å²) in [7, 11) is 1.29. The number of nitrogens with zero attached hydrogens (tertiary/aromatic N) is 1. The Hall–Kier alpha value is -1.32. The fraction of sp³-hybridized carbons (Fsp3) is 0.667. The van der Waals surface area contributed by atoms with Crippen LogP contribution in [0.15, 0.2) is 16.3 Å². The molecule has 0 atom stereocenters. The van der Waals surface area contributed by atoms with Crippen LogP contribution < -0.4 is 0 Å². The fourth-order valence-electron chi connectivity index (χ4n) is 1.81. The van der Waals surface area contributed by atoms with E-state index < -0.39 is 5.97 Å². The lowest BCUT2D eigenvalue weighted by Crippen LogP contribution is -2.13. The Kier molecular flexibility index (Phi) is 5.02. The minimum atomic E-state index is -0.542. The Labute approximate surface area is 96.0 Å². The molecule has 1 N–H and O–H groups in total. The molecule has 0 heterocycles. The number of aliphatic hydroxyl groups is 1. The summed E-state index contributed by atoms with van der Waals surface area (Å²) in [6, 6.07) is 0.285. The maximum Gasteiger partial charge on any atom is 0.342 e. The summed E-state index contributed by atoms with van der Waals surface area (Å²) < 4.78 is 4.57. The number of hydrogen-bond acceptors (Lipinski definition) is 4. The van der Waals surface area contributed by atoms with Gasteiger partial charge in [-0.1, -0.05) is 19.3 Å². The van der Waals surface area contributed by atoms with Crippen LogP contribution in [0.5, 0.6) is 0 Å². The lowest BCUT2D eigenvalue weighted by molar-refractivity contribution is -0.135. The third kappa shape index (κ3) is 3.68. The van der Waals surface area contributed by atoms with Crippen LogP contribution in [0.2, 0.25) is 0 Å². The first kappa shape index (κ1) is 12.7. The smallest absolute Gasteiger partial charge is 0.342 e. The topological polar surface area (TPSA) is 58.9 Å². The number of methoxy groups -OCH3 is 1. The summed E-state index contributed by atoms with van der Waals surface area (Å²) in [5.41, 5.74) is 0.146. The molecule has 0 amide bonds. The summed E-state index contributed by atoms with van der Waals surface area (Å²) in [6.07, 6.45) is 7.22. The number of carbonyl (C=O) groups is 1. The van der Waals surface area contributed by atoms with Crippen molar-refractivity contribution in [2.75, 3.05) is 7.11 Å². The van der Waals surface area contributed by atoms with Crippen LogP contribution in [0.1, 0.15) is 39.0 Å². The quantitative estimate of drug-likeness (QED) is 0.347. The van der Waals surface area contributed by atoms with Crippen molar-refractivity contribution >= 4 is 12.2 Å². The number of ether oxygens (including phenoxy) is 1. The maximum absolute atomic E-state index is 11.3. The highest BCUT2D eigenvalue weighted by atomic mass is 16.5. The number of carbonyl (C=O) groups excluding carboxylic acids is 1. The number of esters is 1. The number of hydrogen-bond donors (Lipinski definition) is 1. The zero-order valence-electron chi connectivity index (χ0n) is 9.90. The van der Waals surface area contributed by atoms with Crippen molar-refractivity contribution in [1.29, 1.82) is 0 Å². The van der Waals surface area contributed by atoms with E-state index in [2.05, 4.69) is 9.73 Å². The highest BCUT2D eigenvalue weighted by molar-refractivity contribution is 6.09. The van der Waals surface area contributed by atoms with Gasteiger partial charge in [-0.3, -0.25) is 4.99 Å². The molecule has 0 aromatic heterocycles. The van der Waals surface area contributed by atoms with Gasteiger partial charge < -0.3 is 9.84 Å². The lowest BCUT2D eigenvalue weighted by Gasteiger charge is -2.17. The summed E-state index contributed by atoms with van der Waals surface area (Å²) in [5, 5.41) is 9.33. The summed E-state index contributed by atoms with van der Waals surface area (Å²) in [4.78, 5) is 15.6. The van der Waals surface area contributed by atoms with Gasteiger partial charge in [-0.05, 0) is 19.8 Å². The van der Waals surface area contributed by atoms with E-state index in [1.807, 2.05) is 0 Å². The van der Waals surface area contributed by atoms with E-state index in [-0.39, 0.29) is 17.4 Å². The van der Waals surface area contributed by atoms with Gasteiger partial charge in [-0.15, -0.1) is 0 Å². The van der Waals surface area contributed by atoms with E-state index in [4.69, 9.17) is 0 Å². The monoisotopic (exact) mass is 225 g/mol. The van der Waals surface area contributed by atoms with Crippen molar-refractivity contribution in [3.63, 3.8) is 0 Å². The highest BCUT2D eigenvalue weighted by Crippen LogP contribution is 2.20. The summed E-state index contributed by atoms with van der Waals surface area (Å²) in [5.74, 6) is -0.592. The van der Waals surface area contributed by atoms with Crippen LogP contribution >= 0.6 is 0 Å². The molecular weight excluding hydrogens is 206 g/mol. The SMILES string of the molecule is COC(=O)/C(C=NC1CCCCC1)=C(\C)O. The third-order valence-electron chi connectivity index (χ3n) is 2.78. The highest BCUT2D eigenvalue weighted by Gasteiger charge is 2.14.